The zero-order valence-electron chi connectivity index (χ0n) is 7.02. The van der Waals surface area contributed by atoms with Gasteiger partial charge in [-0.3, -0.25) is 0 Å². The Kier molecular flexibility index (Phi) is 3.38. The maximum absolute atomic E-state index is 3.29. The van der Waals surface area contributed by atoms with Crippen LogP contribution in [-0.4, -0.2) is 6.66 Å². The van der Waals surface area contributed by atoms with Crippen LogP contribution in [0.2, 0.25) is 0 Å². The fourth-order valence-electron chi connectivity index (χ4n) is 0.968. The number of benzene rings is 1. The van der Waals surface area contributed by atoms with Crippen molar-refractivity contribution >= 4 is 14.4 Å². The maximum atomic E-state index is 3.29. The predicted octanol–water partition coefficient (Wildman–Crippen LogP) is 2.88. The average molecular weight is 167 g/mol. The van der Waals surface area contributed by atoms with Crippen LogP contribution in [0.4, 0.5) is 5.69 Å². The number of nitrogens with one attached hydrogen (secondary N) is 1. The first-order valence-electron chi connectivity index (χ1n) is 3.88. The molecular formula is C9H14NP. The molecule has 60 valence electrons. The second kappa shape index (κ2) is 4.35. The lowest BCUT2D eigenvalue weighted by atomic mass is 10.2. The van der Waals surface area contributed by atoms with Gasteiger partial charge in [0.25, 0.3) is 0 Å². The maximum Gasteiger partial charge on any atom is 0.0370 e. The number of hydrogen-bond acceptors (Lipinski definition) is 1. The summed E-state index contributed by atoms with van der Waals surface area (Å²) < 4.78 is 0. The Labute approximate surface area is 70.0 Å². The first-order valence-corrected chi connectivity index (χ1v) is 5.38. The standard InChI is InChI=1S/C9H14NP/c1-3-8-4-6-9(7-5-8)10-11-2/h4-7,10-11H,3H2,1-2H3. The van der Waals surface area contributed by atoms with E-state index >= 15 is 0 Å². The van der Waals surface area contributed by atoms with Crippen LogP contribution in [-0.2, 0) is 6.42 Å². The molecule has 1 aromatic carbocycles. The zero-order valence-corrected chi connectivity index (χ0v) is 8.02. The molecule has 0 radical (unpaired) electrons. The fraction of sp³-hybridized carbons (Fsp3) is 0.333. The molecule has 1 unspecified atom stereocenters. The summed E-state index contributed by atoms with van der Waals surface area (Å²) in [6.45, 7) is 4.30. The molecule has 11 heavy (non-hydrogen) atoms. The monoisotopic (exact) mass is 167 g/mol. The third-order valence-corrected chi connectivity index (χ3v) is 2.17. The number of aryl methyl sites for hydroxylation is 1. The van der Waals surface area contributed by atoms with Crippen LogP contribution in [0.3, 0.4) is 0 Å². The highest BCUT2D eigenvalue weighted by molar-refractivity contribution is 7.38. The van der Waals surface area contributed by atoms with Gasteiger partial charge in [-0.2, -0.15) is 0 Å². The van der Waals surface area contributed by atoms with Crippen molar-refractivity contribution in [1.82, 2.24) is 0 Å². The van der Waals surface area contributed by atoms with Gasteiger partial charge in [-0.1, -0.05) is 19.1 Å². The van der Waals surface area contributed by atoms with E-state index in [1.54, 1.807) is 0 Å². The molecule has 0 aliphatic heterocycles. The molecule has 0 bridgehead atoms. The Bertz CT molecular complexity index is 205. The Morgan fingerprint density at radius 2 is 1.91 bits per heavy atom. The quantitative estimate of drug-likeness (QED) is 0.682. The molecule has 0 heterocycles. The Balaban J connectivity index is 2.66. The van der Waals surface area contributed by atoms with Gasteiger partial charge in [-0.05, 0) is 39.5 Å². The molecule has 1 aromatic rings. The molecule has 0 aliphatic rings. The number of hydrogen-bond donors (Lipinski definition) is 1. The normalized spacial score (nSPS) is 10.7. The summed E-state index contributed by atoms with van der Waals surface area (Å²) in [5.74, 6) is 0. The van der Waals surface area contributed by atoms with Gasteiger partial charge in [0.2, 0.25) is 0 Å². The Morgan fingerprint density at radius 3 is 2.36 bits per heavy atom. The second-order valence-electron chi connectivity index (χ2n) is 2.43. The molecule has 0 fully saturated rings. The summed E-state index contributed by atoms with van der Waals surface area (Å²) in [7, 11) is 0.783. The van der Waals surface area contributed by atoms with E-state index in [-0.39, 0.29) is 0 Å². The summed E-state index contributed by atoms with van der Waals surface area (Å²) in [5, 5.41) is 3.29. The van der Waals surface area contributed by atoms with Crippen LogP contribution in [0.15, 0.2) is 24.3 Å². The highest BCUT2D eigenvalue weighted by atomic mass is 31.1. The van der Waals surface area contributed by atoms with Crippen molar-refractivity contribution in [2.24, 2.45) is 0 Å². The number of anilines is 1. The van der Waals surface area contributed by atoms with Crippen molar-refractivity contribution in [1.29, 1.82) is 0 Å². The third-order valence-electron chi connectivity index (χ3n) is 1.63. The summed E-state index contributed by atoms with van der Waals surface area (Å²) in [4.78, 5) is 0. The topological polar surface area (TPSA) is 12.0 Å². The number of rotatable bonds is 3. The van der Waals surface area contributed by atoms with Gasteiger partial charge in [-0.15, -0.1) is 0 Å². The van der Waals surface area contributed by atoms with Gasteiger partial charge >= 0.3 is 0 Å². The first kappa shape index (κ1) is 8.55. The highest BCUT2D eigenvalue weighted by Gasteiger charge is 1.89. The van der Waals surface area contributed by atoms with Crippen LogP contribution in [0, 0.1) is 0 Å². The van der Waals surface area contributed by atoms with Crippen LogP contribution < -0.4 is 5.09 Å². The Morgan fingerprint density at radius 1 is 1.27 bits per heavy atom. The average Bonchev–Trinajstić information content (AvgIpc) is 2.07. The molecule has 0 spiro atoms. The molecule has 1 N–H and O–H groups in total. The van der Waals surface area contributed by atoms with E-state index in [1.807, 2.05) is 0 Å². The van der Waals surface area contributed by atoms with Gasteiger partial charge in [0.1, 0.15) is 0 Å². The lowest BCUT2D eigenvalue weighted by molar-refractivity contribution is 1.14. The van der Waals surface area contributed by atoms with Crippen LogP contribution in [0.1, 0.15) is 12.5 Å². The van der Waals surface area contributed by atoms with Crippen molar-refractivity contribution in [3.05, 3.63) is 29.8 Å². The van der Waals surface area contributed by atoms with E-state index in [4.69, 9.17) is 0 Å². The van der Waals surface area contributed by atoms with E-state index in [9.17, 15) is 0 Å². The van der Waals surface area contributed by atoms with E-state index in [1.165, 1.54) is 11.3 Å². The molecule has 1 atom stereocenters. The molecule has 0 amide bonds. The Hall–Kier alpha value is -0.550. The molecule has 0 aliphatic carbocycles. The van der Waals surface area contributed by atoms with Crippen LogP contribution in [0.5, 0.6) is 0 Å². The minimum absolute atomic E-state index is 0.783. The van der Waals surface area contributed by atoms with Gasteiger partial charge in [0.15, 0.2) is 0 Å². The van der Waals surface area contributed by atoms with Gasteiger partial charge in [0.05, 0.1) is 0 Å². The summed E-state index contributed by atoms with van der Waals surface area (Å²) in [5.41, 5.74) is 2.62. The zero-order chi connectivity index (χ0) is 8.10. The van der Waals surface area contributed by atoms with Gasteiger partial charge in [-0.25, -0.2) is 0 Å². The molecule has 0 saturated heterocycles. The van der Waals surface area contributed by atoms with Crippen molar-refractivity contribution in [2.45, 2.75) is 13.3 Å². The summed E-state index contributed by atoms with van der Waals surface area (Å²) in [6.07, 6.45) is 1.12. The lowest BCUT2D eigenvalue weighted by Gasteiger charge is -2.02. The largest absolute Gasteiger partial charge is 0.367 e. The van der Waals surface area contributed by atoms with Crippen molar-refractivity contribution in [3.63, 3.8) is 0 Å². The minimum Gasteiger partial charge on any atom is -0.367 e. The molecule has 2 heteroatoms. The van der Waals surface area contributed by atoms with Crippen molar-refractivity contribution < 1.29 is 0 Å². The fourth-order valence-corrected chi connectivity index (χ4v) is 1.42. The van der Waals surface area contributed by atoms with Crippen molar-refractivity contribution in [3.8, 4) is 0 Å². The minimum atomic E-state index is 0.783. The predicted molar refractivity (Wildman–Crippen MR) is 53.7 cm³/mol. The summed E-state index contributed by atoms with van der Waals surface area (Å²) in [6, 6.07) is 8.61. The van der Waals surface area contributed by atoms with Crippen LogP contribution >= 0.6 is 8.73 Å². The molecule has 1 nitrogen and oxygen atoms in total. The second-order valence-corrected chi connectivity index (χ2v) is 3.18. The molecule has 0 aromatic heterocycles. The van der Waals surface area contributed by atoms with E-state index in [0.717, 1.165) is 15.2 Å². The molecule has 0 saturated carbocycles. The van der Waals surface area contributed by atoms with E-state index in [0.29, 0.717) is 0 Å². The van der Waals surface area contributed by atoms with Crippen LogP contribution in [0.25, 0.3) is 0 Å². The van der Waals surface area contributed by atoms with Gasteiger partial charge in [0, 0.05) is 5.69 Å². The molecule has 1 rings (SSSR count). The molecular weight excluding hydrogens is 153 g/mol. The summed E-state index contributed by atoms with van der Waals surface area (Å²) >= 11 is 0. The van der Waals surface area contributed by atoms with E-state index < -0.39 is 0 Å². The highest BCUT2D eigenvalue weighted by Crippen LogP contribution is 2.14. The van der Waals surface area contributed by atoms with E-state index in [2.05, 4.69) is 42.9 Å². The third kappa shape index (κ3) is 2.51. The lowest BCUT2D eigenvalue weighted by Crippen LogP contribution is -1.83. The first-order chi connectivity index (χ1) is 5.36. The smallest absolute Gasteiger partial charge is 0.0370 e. The van der Waals surface area contributed by atoms with Crippen molar-refractivity contribution in [2.75, 3.05) is 11.8 Å². The van der Waals surface area contributed by atoms with Gasteiger partial charge < -0.3 is 5.09 Å². The SMILES string of the molecule is CCc1ccc(NPC)cc1.